The Morgan fingerprint density at radius 1 is 0.938 bits per heavy atom. The summed E-state index contributed by atoms with van der Waals surface area (Å²) in [5.74, 6) is 0.144. The number of aromatic nitrogens is 3. The highest BCUT2D eigenvalue weighted by atomic mass is 35.5. The smallest absolute Gasteiger partial charge is 0.335 e. The Kier molecular flexibility index (Phi) is 9.68. The van der Waals surface area contributed by atoms with E-state index in [1.807, 2.05) is 54.6 Å². The van der Waals surface area contributed by atoms with Crippen LogP contribution >= 0.6 is 11.6 Å². The average Bonchev–Trinajstić information content (AvgIpc) is 3.58. The fourth-order valence-electron chi connectivity index (χ4n) is 6.01. The van der Waals surface area contributed by atoms with Crippen LogP contribution in [-0.2, 0) is 29.9 Å². The first kappa shape index (κ1) is 33.0. The van der Waals surface area contributed by atoms with E-state index in [4.69, 9.17) is 16.3 Å². The zero-order valence-corrected chi connectivity index (χ0v) is 28.1. The average molecular weight is 683 g/mol. The highest BCUT2D eigenvalue weighted by molar-refractivity contribution is 7.89. The van der Waals surface area contributed by atoms with Crippen molar-refractivity contribution in [2.45, 2.75) is 30.8 Å². The number of rotatable bonds is 13. The number of aromatic carboxylic acids is 1. The normalized spacial score (nSPS) is 11.8. The van der Waals surface area contributed by atoms with Gasteiger partial charge in [-0.15, -0.1) is 0 Å². The van der Waals surface area contributed by atoms with Gasteiger partial charge in [0.15, 0.2) is 5.03 Å². The summed E-state index contributed by atoms with van der Waals surface area (Å²) in [6.07, 6.45) is 2.36. The summed E-state index contributed by atoms with van der Waals surface area (Å²) in [7, 11) is -2.10. The molecule has 0 unspecified atom stereocenters. The van der Waals surface area contributed by atoms with Gasteiger partial charge in [0.05, 0.1) is 18.2 Å². The van der Waals surface area contributed by atoms with Crippen LogP contribution in [0.5, 0.6) is 5.75 Å². The molecule has 0 amide bonds. The zero-order chi connectivity index (χ0) is 33.8. The number of nitrogens with one attached hydrogen (secondary N) is 1. The van der Waals surface area contributed by atoms with Crippen LogP contribution in [0.3, 0.4) is 0 Å². The first-order chi connectivity index (χ1) is 23.1. The Hall–Kier alpha value is -4.90. The van der Waals surface area contributed by atoms with E-state index >= 15 is 0 Å². The van der Waals surface area contributed by atoms with Gasteiger partial charge in [0.25, 0.3) is 10.0 Å². The second kappa shape index (κ2) is 14.1. The van der Waals surface area contributed by atoms with Gasteiger partial charge in [-0.1, -0.05) is 72.3 Å². The topological polar surface area (TPSA) is 115 Å². The third-order valence-corrected chi connectivity index (χ3v) is 9.98. The minimum Gasteiger partial charge on any atom is -0.493 e. The lowest BCUT2D eigenvalue weighted by atomic mass is 9.97. The van der Waals surface area contributed by atoms with Crippen LogP contribution < -0.4 is 9.46 Å². The molecule has 2 aromatic heterocycles. The van der Waals surface area contributed by atoms with Gasteiger partial charge in [0.2, 0.25) is 0 Å². The van der Waals surface area contributed by atoms with Gasteiger partial charge in [-0.05, 0) is 66.1 Å². The molecule has 0 fully saturated rings. The molecule has 2 heterocycles. The maximum absolute atomic E-state index is 13.3. The third kappa shape index (κ3) is 7.01. The molecule has 0 bridgehead atoms. The van der Waals surface area contributed by atoms with Crippen molar-refractivity contribution in [3.8, 4) is 5.75 Å². The van der Waals surface area contributed by atoms with Crippen LogP contribution in [0.25, 0.3) is 10.9 Å². The number of carboxylic acids is 1. The molecule has 0 saturated carbocycles. The molecule has 11 heteroatoms. The zero-order valence-electron chi connectivity index (χ0n) is 26.5. The number of hydrogen-bond acceptors (Lipinski definition) is 5. The molecule has 9 nitrogen and oxygen atoms in total. The van der Waals surface area contributed by atoms with E-state index in [1.165, 1.54) is 18.3 Å². The maximum atomic E-state index is 13.3. The number of benzene rings is 4. The Labute approximate surface area is 284 Å². The van der Waals surface area contributed by atoms with Crippen LogP contribution in [0, 0.1) is 6.92 Å². The van der Waals surface area contributed by atoms with Crippen molar-refractivity contribution in [2.24, 2.45) is 7.05 Å². The van der Waals surface area contributed by atoms with Gasteiger partial charge in [0.1, 0.15) is 11.6 Å². The molecule has 2 N–H and O–H groups in total. The van der Waals surface area contributed by atoms with E-state index in [1.54, 1.807) is 30.7 Å². The lowest BCUT2D eigenvalue weighted by molar-refractivity contribution is 0.0697. The summed E-state index contributed by atoms with van der Waals surface area (Å²) < 4.78 is 39.4. The minimum absolute atomic E-state index is 0.0242. The summed E-state index contributed by atoms with van der Waals surface area (Å²) in [6.45, 7) is 2.18. The number of aryl methyl sites for hydroxylation is 2. The van der Waals surface area contributed by atoms with E-state index in [0.717, 1.165) is 33.3 Å². The SMILES string of the molecule is Cc1nc(S(=O)(=O)NCCc2c(CCOc3ccc(C(=O)O)cc3)c3cc(Cl)ccc3n2C(c2ccccc2)c2ccccc2)cn1C. The summed E-state index contributed by atoms with van der Waals surface area (Å²) in [4.78, 5) is 15.5. The number of nitrogens with zero attached hydrogens (tertiary/aromatic N) is 3. The van der Waals surface area contributed by atoms with Gasteiger partial charge in [0, 0.05) is 54.3 Å². The van der Waals surface area contributed by atoms with Crippen molar-refractivity contribution in [2.75, 3.05) is 13.2 Å². The number of carbonyl (C=O) groups is 1. The number of sulfonamides is 1. The van der Waals surface area contributed by atoms with Crippen LogP contribution in [0.15, 0.2) is 114 Å². The molecule has 48 heavy (non-hydrogen) atoms. The van der Waals surface area contributed by atoms with E-state index in [2.05, 4.69) is 38.5 Å². The Balaban J connectivity index is 1.43. The highest BCUT2D eigenvalue weighted by Crippen LogP contribution is 2.38. The number of imidazole rings is 1. The molecular formula is C37H35ClN4O5S. The molecule has 0 spiro atoms. The monoisotopic (exact) mass is 682 g/mol. The predicted molar refractivity (Wildman–Crippen MR) is 187 cm³/mol. The number of carboxylic acid groups (broad SMARTS) is 1. The summed E-state index contributed by atoms with van der Waals surface area (Å²) in [5.41, 5.74) is 5.20. The Morgan fingerprint density at radius 3 is 2.17 bits per heavy atom. The van der Waals surface area contributed by atoms with E-state index in [0.29, 0.717) is 36.0 Å². The number of fused-ring (bicyclic) bond motifs is 1. The van der Waals surface area contributed by atoms with Crippen LogP contribution in [0.1, 0.15) is 44.6 Å². The first-order valence-corrected chi connectivity index (χ1v) is 17.4. The molecule has 6 rings (SSSR count). The molecule has 0 aliphatic carbocycles. The van der Waals surface area contributed by atoms with Crippen LogP contribution in [-0.4, -0.2) is 46.8 Å². The van der Waals surface area contributed by atoms with Crippen LogP contribution in [0.4, 0.5) is 0 Å². The molecular weight excluding hydrogens is 648 g/mol. The van der Waals surface area contributed by atoms with Gasteiger partial charge >= 0.3 is 5.97 Å². The summed E-state index contributed by atoms with van der Waals surface area (Å²) in [6, 6.07) is 32.3. The Morgan fingerprint density at radius 2 is 1.58 bits per heavy atom. The van der Waals surface area contributed by atoms with E-state index in [9.17, 15) is 18.3 Å². The number of halogens is 1. The molecule has 0 radical (unpaired) electrons. The number of ether oxygens (including phenoxy) is 1. The maximum Gasteiger partial charge on any atom is 0.335 e. The fourth-order valence-corrected chi connectivity index (χ4v) is 7.25. The van der Waals surface area contributed by atoms with Crippen molar-refractivity contribution < 1.29 is 23.1 Å². The van der Waals surface area contributed by atoms with Crippen molar-refractivity contribution in [1.29, 1.82) is 0 Å². The third-order valence-electron chi connectivity index (χ3n) is 8.41. The van der Waals surface area contributed by atoms with Crippen molar-refractivity contribution in [3.05, 3.63) is 148 Å². The molecule has 0 saturated heterocycles. The van der Waals surface area contributed by atoms with Crippen molar-refractivity contribution in [3.63, 3.8) is 0 Å². The van der Waals surface area contributed by atoms with E-state index < -0.39 is 16.0 Å². The van der Waals surface area contributed by atoms with Gasteiger partial charge < -0.3 is 19.0 Å². The summed E-state index contributed by atoms with van der Waals surface area (Å²) in [5, 5.41) is 10.8. The lowest BCUT2D eigenvalue weighted by Gasteiger charge is -2.25. The largest absolute Gasteiger partial charge is 0.493 e. The van der Waals surface area contributed by atoms with Crippen LogP contribution in [0.2, 0.25) is 5.02 Å². The highest BCUT2D eigenvalue weighted by Gasteiger charge is 2.26. The molecule has 0 aliphatic heterocycles. The minimum atomic E-state index is -3.86. The quantitative estimate of drug-likeness (QED) is 0.138. The molecule has 0 aliphatic rings. The van der Waals surface area contributed by atoms with Gasteiger partial charge in [-0.25, -0.2) is 22.9 Å². The van der Waals surface area contributed by atoms with Crippen molar-refractivity contribution in [1.82, 2.24) is 18.8 Å². The second-order valence-electron chi connectivity index (χ2n) is 11.5. The molecule has 246 valence electrons. The number of hydrogen-bond donors (Lipinski definition) is 2. The molecule has 4 aromatic carbocycles. The fraction of sp³-hybridized carbons (Fsp3) is 0.189. The summed E-state index contributed by atoms with van der Waals surface area (Å²) >= 11 is 6.59. The second-order valence-corrected chi connectivity index (χ2v) is 13.6. The van der Waals surface area contributed by atoms with E-state index in [-0.39, 0.29) is 23.2 Å². The van der Waals surface area contributed by atoms with Crippen molar-refractivity contribution >= 4 is 38.5 Å². The first-order valence-electron chi connectivity index (χ1n) is 15.5. The molecule has 0 atom stereocenters. The molecule has 6 aromatic rings. The Bertz CT molecular complexity index is 2100. The predicted octanol–water partition coefficient (Wildman–Crippen LogP) is 6.82. The van der Waals surface area contributed by atoms with Gasteiger partial charge in [-0.2, -0.15) is 0 Å². The lowest BCUT2D eigenvalue weighted by Crippen LogP contribution is -2.28. The van der Waals surface area contributed by atoms with Gasteiger partial charge in [-0.3, -0.25) is 0 Å². The standard InChI is InChI=1S/C37H35ClN4O5S/c1-25-40-35(24-41(25)2)48(45,46)39-21-19-34-31(20-22-47-30-16-13-28(14-17-30)37(43)44)32-23-29(38)15-18-33(32)42(34)36(26-9-5-3-6-10-26)27-11-7-4-8-12-27/h3-18,23-24,36,39H,19-22H2,1-2H3,(H,43,44).